The van der Waals surface area contributed by atoms with Crippen LogP contribution in [0, 0.1) is 13.8 Å². The maximum Gasteiger partial charge on any atom is 0.264 e. The van der Waals surface area contributed by atoms with Crippen LogP contribution in [0.5, 0.6) is 0 Å². The molecule has 0 spiro atoms. The van der Waals surface area contributed by atoms with Gasteiger partial charge in [0.25, 0.3) is 10.0 Å². The van der Waals surface area contributed by atoms with Crippen LogP contribution in [0.25, 0.3) is 0 Å². The van der Waals surface area contributed by atoms with Gasteiger partial charge in [-0.2, -0.15) is 0 Å². The SMILES string of the molecule is CNC(=O)C(C)N(Cc1ccc(Cl)cc1)C(=O)CN(c1ccc(C)c(Cl)c1)S(=O)(=O)c1ccc(C)cc1. The molecule has 3 aromatic carbocycles. The first kappa shape index (κ1) is 28.5. The van der Waals surface area contributed by atoms with Crippen molar-refractivity contribution in [3.63, 3.8) is 0 Å². The number of aryl methyl sites for hydroxylation is 2. The molecule has 1 atom stereocenters. The van der Waals surface area contributed by atoms with Crippen LogP contribution in [0.1, 0.15) is 23.6 Å². The molecule has 37 heavy (non-hydrogen) atoms. The zero-order valence-corrected chi connectivity index (χ0v) is 23.4. The number of nitrogens with zero attached hydrogens (tertiary/aromatic N) is 2. The summed E-state index contributed by atoms with van der Waals surface area (Å²) in [5.41, 5.74) is 2.64. The second kappa shape index (κ2) is 12.0. The van der Waals surface area contributed by atoms with Crippen molar-refractivity contribution in [1.82, 2.24) is 10.2 Å². The number of sulfonamides is 1. The summed E-state index contributed by atoms with van der Waals surface area (Å²) in [6.45, 7) is 4.79. The Bertz CT molecular complexity index is 1380. The summed E-state index contributed by atoms with van der Waals surface area (Å²) in [5, 5.41) is 3.45. The molecule has 196 valence electrons. The summed E-state index contributed by atoms with van der Waals surface area (Å²) < 4.78 is 28.6. The van der Waals surface area contributed by atoms with Crippen molar-refractivity contribution in [3.05, 3.63) is 93.5 Å². The van der Waals surface area contributed by atoms with Crippen LogP contribution < -0.4 is 9.62 Å². The van der Waals surface area contributed by atoms with E-state index in [4.69, 9.17) is 23.2 Å². The molecule has 0 fully saturated rings. The molecule has 3 rings (SSSR count). The average molecular weight is 563 g/mol. The van der Waals surface area contributed by atoms with Crippen molar-refractivity contribution in [2.75, 3.05) is 17.9 Å². The third-order valence-electron chi connectivity index (χ3n) is 6.01. The van der Waals surface area contributed by atoms with Gasteiger partial charge in [0.05, 0.1) is 10.6 Å². The minimum atomic E-state index is -4.15. The lowest BCUT2D eigenvalue weighted by Crippen LogP contribution is -2.50. The minimum absolute atomic E-state index is 0.0335. The van der Waals surface area contributed by atoms with Gasteiger partial charge in [0.15, 0.2) is 0 Å². The normalized spacial score (nSPS) is 12.1. The van der Waals surface area contributed by atoms with Crippen LogP contribution >= 0.6 is 23.2 Å². The third kappa shape index (κ3) is 6.83. The van der Waals surface area contributed by atoms with Gasteiger partial charge >= 0.3 is 0 Å². The predicted molar refractivity (Wildman–Crippen MR) is 147 cm³/mol. The van der Waals surface area contributed by atoms with Gasteiger partial charge in [-0.1, -0.05) is 59.1 Å². The monoisotopic (exact) mass is 561 g/mol. The number of nitrogens with one attached hydrogen (secondary N) is 1. The summed E-state index contributed by atoms with van der Waals surface area (Å²) in [6.07, 6.45) is 0. The molecule has 0 heterocycles. The molecule has 10 heteroatoms. The fourth-order valence-corrected chi connectivity index (χ4v) is 5.39. The number of carbonyl (C=O) groups is 2. The molecule has 0 aliphatic heterocycles. The number of halogens is 2. The van der Waals surface area contributed by atoms with Crippen molar-refractivity contribution in [1.29, 1.82) is 0 Å². The molecular formula is C27H29Cl2N3O4S. The van der Waals surface area contributed by atoms with Gasteiger partial charge in [-0.05, 0) is 68.3 Å². The summed E-state index contributed by atoms with van der Waals surface area (Å²) in [5.74, 6) is -0.938. The first-order valence-electron chi connectivity index (χ1n) is 11.5. The average Bonchev–Trinajstić information content (AvgIpc) is 2.87. The Morgan fingerprint density at radius 3 is 2.14 bits per heavy atom. The van der Waals surface area contributed by atoms with Crippen LogP contribution in [-0.4, -0.2) is 44.8 Å². The standard InChI is InChI=1S/C27H29Cl2N3O4S/c1-18-5-13-24(14-6-18)37(35,36)32(23-12-7-19(2)25(29)15-23)17-26(33)31(20(3)27(34)30-4)16-21-8-10-22(28)11-9-21/h5-15,20H,16-17H2,1-4H3,(H,30,34). The highest BCUT2D eigenvalue weighted by molar-refractivity contribution is 7.92. The van der Waals surface area contributed by atoms with Gasteiger partial charge < -0.3 is 10.2 Å². The Morgan fingerprint density at radius 1 is 0.946 bits per heavy atom. The molecule has 0 aliphatic carbocycles. The zero-order chi connectivity index (χ0) is 27.3. The minimum Gasteiger partial charge on any atom is -0.357 e. The quantitative estimate of drug-likeness (QED) is 0.399. The van der Waals surface area contributed by atoms with Crippen molar-refractivity contribution in [2.24, 2.45) is 0 Å². The van der Waals surface area contributed by atoms with Crippen molar-refractivity contribution >= 4 is 50.7 Å². The highest BCUT2D eigenvalue weighted by Gasteiger charge is 2.32. The second-order valence-electron chi connectivity index (χ2n) is 8.70. The molecule has 0 saturated carbocycles. The number of rotatable bonds is 9. The lowest BCUT2D eigenvalue weighted by atomic mass is 10.1. The first-order valence-corrected chi connectivity index (χ1v) is 13.7. The van der Waals surface area contributed by atoms with Crippen molar-refractivity contribution in [2.45, 2.75) is 38.3 Å². The molecule has 0 aromatic heterocycles. The van der Waals surface area contributed by atoms with Gasteiger partial charge in [-0.25, -0.2) is 8.42 Å². The van der Waals surface area contributed by atoms with E-state index in [-0.39, 0.29) is 23.0 Å². The third-order valence-corrected chi connectivity index (χ3v) is 8.46. The van der Waals surface area contributed by atoms with E-state index in [0.29, 0.717) is 10.0 Å². The van der Waals surface area contributed by atoms with Gasteiger partial charge in [0.1, 0.15) is 12.6 Å². The number of hydrogen-bond donors (Lipinski definition) is 1. The van der Waals surface area contributed by atoms with E-state index in [9.17, 15) is 18.0 Å². The second-order valence-corrected chi connectivity index (χ2v) is 11.4. The first-order chi connectivity index (χ1) is 17.4. The highest BCUT2D eigenvalue weighted by atomic mass is 35.5. The molecule has 2 amide bonds. The molecule has 0 saturated heterocycles. The van der Waals surface area contributed by atoms with Crippen LogP contribution in [0.15, 0.2) is 71.6 Å². The largest absolute Gasteiger partial charge is 0.357 e. The Kier molecular flexibility index (Phi) is 9.23. The number of carbonyl (C=O) groups excluding carboxylic acids is 2. The van der Waals surface area contributed by atoms with Gasteiger partial charge in [-0.15, -0.1) is 0 Å². The number of anilines is 1. The molecule has 0 bridgehead atoms. The Balaban J connectivity index is 2.05. The number of likely N-dealkylation sites (N-methyl/N-ethyl adjacent to an activating group) is 1. The molecule has 1 N–H and O–H groups in total. The summed E-state index contributed by atoms with van der Waals surface area (Å²) in [6, 6.07) is 17.2. The number of hydrogen-bond acceptors (Lipinski definition) is 4. The Labute approximate surface area is 228 Å². The lowest BCUT2D eigenvalue weighted by Gasteiger charge is -2.32. The molecular weight excluding hydrogens is 533 g/mol. The maximum atomic E-state index is 13.8. The molecule has 0 aliphatic rings. The van der Waals surface area contributed by atoms with Crippen LogP contribution in [-0.2, 0) is 26.2 Å². The highest BCUT2D eigenvalue weighted by Crippen LogP contribution is 2.29. The topological polar surface area (TPSA) is 86.8 Å². The van der Waals surface area contributed by atoms with Gasteiger partial charge in [0, 0.05) is 23.6 Å². The van der Waals surface area contributed by atoms with Crippen molar-refractivity contribution < 1.29 is 18.0 Å². The van der Waals surface area contributed by atoms with E-state index in [1.807, 2.05) is 6.92 Å². The number of benzene rings is 3. The van der Waals surface area contributed by atoms with Crippen LogP contribution in [0.2, 0.25) is 10.0 Å². The van der Waals surface area contributed by atoms with Gasteiger partial charge in [0.2, 0.25) is 11.8 Å². The van der Waals surface area contributed by atoms with Gasteiger partial charge in [-0.3, -0.25) is 13.9 Å². The fraction of sp³-hybridized carbons (Fsp3) is 0.259. The molecule has 3 aromatic rings. The lowest BCUT2D eigenvalue weighted by molar-refractivity contribution is -0.139. The van der Waals surface area contributed by atoms with E-state index in [0.717, 1.165) is 21.0 Å². The Hall–Kier alpha value is -3.07. The summed E-state index contributed by atoms with van der Waals surface area (Å²) in [4.78, 5) is 27.6. The predicted octanol–water partition coefficient (Wildman–Crippen LogP) is 4.97. The molecule has 0 radical (unpaired) electrons. The van der Waals surface area contributed by atoms with E-state index >= 15 is 0 Å². The Morgan fingerprint density at radius 2 is 1.57 bits per heavy atom. The maximum absolute atomic E-state index is 13.8. The smallest absolute Gasteiger partial charge is 0.264 e. The molecule has 1 unspecified atom stereocenters. The number of amides is 2. The summed E-state index contributed by atoms with van der Waals surface area (Å²) in [7, 11) is -2.67. The van der Waals surface area contributed by atoms with Crippen molar-refractivity contribution in [3.8, 4) is 0 Å². The van der Waals surface area contributed by atoms with E-state index in [1.54, 1.807) is 62.4 Å². The zero-order valence-electron chi connectivity index (χ0n) is 21.0. The fourth-order valence-electron chi connectivity index (χ4n) is 3.68. The summed E-state index contributed by atoms with van der Waals surface area (Å²) >= 11 is 12.3. The van der Waals surface area contributed by atoms with E-state index in [1.165, 1.54) is 30.1 Å². The van der Waals surface area contributed by atoms with Crippen LogP contribution in [0.4, 0.5) is 5.69 Å². The van der Waals surface area contributed by atoms with E-state index < -0.39 is 28.5 Å². The van der Waals surface area contributed by atoms with Crippen LogP contribution in [0.3, 0.4) is 0 Å². The van der Waals surface area contributed by atoms with E-state index in [2.05, 4.69) is 5.32 Å². The molecule has 7 nitrogen and oxygen atoms in total.